The fourth-order valence-electron chi connectivity index (χ4n) is 2.72. The van der Waals surface area contributed by atoms with Crippen molar-refractivity contribution in [2.24, 2.45) is 0 Å². The molecule has 114 valence electrons. The second-order valence-corrected chi connectivity index (χ2v) is 5.48. The molecule has 0 aliphatic carbocycles. The van der Waals surface area contributed by atoms with Crippen LogP contribution in [-0.2, 0) is 11.3 Å². The van der Waals surface area contributed by atoms with Crippen molar-refractivity contribution in [3.05, 3.63) is 41.0 Å². The van der Waals surface area contributed by atoms with E-state index in [4.69, 9.17) is 9.26 Å². The minimum Gasteiger partial charge on any atom is -0.371 e. The molecule has 0 radical (unpaired) electrons. The Morgan fingerprint density at radius 1 is 1.50 bits per heavy atom. The van der Waals surface area contributed by atoms with Crippen LogP contribution in [0.4, 0.5) is 5.69 Å². The highest BCUT2D eigenvalue weighted by Gasteiger charge is 2.25. The molecule has 0 aromatic carbocycles. The zero-order chi connectivity index (χ0) is 15.5. The van der Waals surface area contributed by atoms with Gasteiger partial charge in [-0.15, -0.1) is 0 Å². The molecule has 0 N–H and O–H groups in total. The predicted octanol–water partition coefficient (Wildman–Crippen LogP) is 2.35. The Balaban J connectivity index is 1.62. The molecule has 2 aromatic heterocycles. The smallest absolute Gasteiger partial charge is 0.139 e. The average molecular weight is 298 g/mol. The normalized spacial score (nSPS) is 17.7. The Kier molecular flexibility index (Phi) is 4.07. The van der Waals surface area contributed by atoms with Crippen molar-refractivity contribution in [3.8, 4) is 6.07 Å². The molecule has 2 aromatic rings. The van der Waals surface area contributed by atoms with E-state index >= 15 is 0 Å². The van der Waals surface area contributed by atoms with Crippen LogP contribution in [0.5, 0.6) is 0 Å². The van der Waals surface area contributed by atoms with Crippen LogP contribution in [0.15, 0.2) is 23.0 Å². The molecule has 22 heavy (non-hydrogen) atoms. The maximum Gasteiger partial charge on any atom is 0.139 e. The lowest BCUT2D eigenvalue weighted by Crippen LogP contribution is -2.23. The van der Waals surface area contributed by atoms with Crippen molar-refractivity contribution < 1.29 is 9.26 Å². The minimum absolute atomic E-state index is 0.139. The number of hydrogen-bond acceptors (Lipinski definition) is 6. The van der Waals surface area contributed by atoms with Crippen LogP contribution in [0.1, 0.15) is 29.0 Å². The van der Waals surface area contributed by atoms with E-state index < -0.39 is 0 Å². The summed E-state index contributed by atoms with van der Waals surface area (Å²) in [6, 6.07) is 3.96. The Bertz CT molecular complexity index is 685. The van der Waals surface area contributed by atoms with E-state index in [1.54, 1.807) is 18.5 Å². The molecule has 0 amide bonds. The Morgan fingerprint density at radius 3 is 3.09 bits per heavy atom. The molecule has 1 fully saturated rings. The molecule has 0 saturated carbocycles. The highest BCUT2D eigenvalue weighted by Crippen LogP contribution is 2.25. The Morgan fingerprint density at radius 2 is 2.36 bits per heavy atom. The SMILES string of the molecule is Cc1noc(C)c1COC1CCN(c2cnccc2C#N)C1. The van der Waals surface area contributed by atoms with Crippen LogP contribution in [0.2, 0.25) is 0 Å². The lowest BCUT2D eigenvalue weighted by atomic mass is 10.2. The maximum absolute atomic E-state index is 9.18. The number of nitriles is 1. The van der Waals surface area contributed by atoms with Gasteiger partial charge in [0.05, 0.1) is 35.9 Å². The molecule has 3 rings (SSSR count). The largest absolute Gasteiger partial charge is 0.371 e. The van der Waals surface area contributed by atoms with Gasteiger partial charge in [-0.25, -0.2) is 0 Å². The van der Waals surface area contributed by atoms with E-state index in [9.17, 15) is 5.26 Å². The average Bonchev–Trinajstić information content (AvgIpc) is 3.13. The van der Waals surface area contributed by atoms with Gasteiger partial charge in [-0.1, -0.05) is 5.16 Å². The molecule has 0 bridgehead atoms. The summed E-state index contributed by atoms with van der Waals surface area (Å²) in [6.07, 6.45) is 4.46. The summed E-state index contributed by atoms with van der Waals surface area (Å²) >= 11 is 0. The van der Waals surface area contributed by atoms with Gasteiger partial charge in [-0.3, -0.25) is 4.98 Å². The first kappa shape index (κ1) is 14.5. The quantitative estimate of drug-likeness (QED) is 0.862. The lowest BCUT2D eigenvalue weighted by Gasteiger charge is -2.19. The number of ether oxygens (including phenoxy) is 1. The molecule has 3 heterocycles. The standard InChI is InChI=1S/C16H18N4O2/c1-11-15(12(2)22-19-11)10-21-14-4-6-20(9-14)16-8-18-5-3-13(16)7-17/h3,5,8,14H,4,6,9-10H2,1-2H3. The van der Waals surface area contributed by atoms with Gasteiger partial charge >= 0.3 is 0 Å². The third-order valence-electron chi connectivity index (χ3n) is 4.05. The van der Waals surface area contributed by atoms with E-state index in [2.05, 4.69) is 21.1 Å². The molecule has 1 atom stereocenters. The zero-order valence-electron chi connectivity index (χ0n) is 12.7. The van der Waals surface area contributed by atoms with Crippen LogP contribution in [0, 0.1) is 25.2 Å². The number of rotatable bonds is 4. The van der Waals surface area contributed by atoms with Gasteiger partial charge < -0.3 is 14.2 Å². The summed E-state index contributed by atoms with van der Waals surface area (Å²) in [4.78, 5) is 6.27. The van der Waals surface area contributed by atoms with Gasteiger partial charge in [0.15, 0.2) is 0 Å². The van der Waals surface area contributed by atoms with E-state index in [0.717, 1.165) is 42.2 Å². The Labute approximate surface area is 129 Å². The van der Waals surface area contributed by atoms with Crippen molar-refractivity contribution in [3.63, 3.8) is 0 Å². The second-order valence-electron chi connectivity index (χ2n) is 5.48. The first-order valence-corrected chi connectivity index (χ1v) is 7.31. The lowest BCUT2D eigenvalue weighted by molar-refractivity contribution is 0.0544. The summed E-state index contributed by atoms with van der Waals surface area (Å²) < 4.78 is 11.1. The number of nitrogens with zero attached hydrogens (tertiary/aromatic N) is 4. The van der Waals surface area contributed by atoms with Gasteiger partial charge in [0, 0.05) is 24.8 Å². The summed E-state index contributed by atoms with van der Waals surface area (Å²) in [5, 5.41) is 13.1. The van der Waals surface area contributed by atoms with Crippen molar-refractivity contribution in [1.82, 2.24) is 10.1 Å². The third-order valence-corrected chi connectivity index (χ3v) is 4.05. The van der Waals surface area contributed by atoms with Crippen LogP contribution >= 0.6 is 0 Å². The first-order chi connectivity index (χ1) is 10.7. The summed E-state index contributed by atoms with van der Waals surface area (Å²) in [5.41, 5.74) is 3.44. The summed E-state index contributed by atoms with van der Waals surface area (Å²) in [6.45, 7) is 5.97. The first-order valence-electron chi connectivity index (χ1n) is 7.31. The number of aryl methyl sites for hydroxylation is 2. The van der Waals surface area contributed by atoms with Crippen molar-refractivity contribution in [2.75, 3.05) is 18.0 Å². The van der Waals surface area contributed by atoms with Crippen LogP contribution < -0.4 is 4.90 Å². The second kappa shape index (κ2) is 6.16. The number of aromatic nitrogens is 2. The van der Waals surface area contributed by atoms with Gasteiger partial charge in [0.25, 0.3) is 0 Å². The Hall–Kier alpha value is -2.39. The minimum atomic E-state index is 0.139. The van der Waals surface area contributed by atoms with Gasteiger partial charge in [-0.2, -0.15) is 5.26 Å². The predicted molar refractivity (Wildman–Crippen MR) is 80.3 cm³/mol. The fourth-order valence-corrected chi connectivity index (χ4v) is 2.72. The van der Waals surface area contributed by atoms with Gasteiger partial charge in [-0.05, 0) is 26.3 Å². The third kappa shape index (κ3) is 2.81. The summed E-state index contributed by atoms with van der Waals surface area (Å²) in [5.74, 6) is 0.811. The number of hydrogen-bond donors (Lipinski definition) is 0. The van der Waals surface area contributed by atoms with Crippen molar-refractivity contribution in [1.29, 1.82) is 5.26 Å². The zero-order valence-corrected chi connectivity index (χ0v) is 12.7. The topological polar surface area (TPSA) is 75.2 Å². The molecule has 1 unspecified atom stereocenters. The van der Waals surface area contributed by atoms with Gasteiger partial charge in [0.2, 0.25) is 0 Å². The van der Waals surface area contributed by atoms with Crippen molar-refractivity contribution >= 4 is 5.69 Å². The van der Waals surface area contributed by atoms with E-state index in [1.807, 2.05) is 13.8 Å². The molecule has 1 aliphatic heterocycles. The maximum atomic E-state index is 9.18. The van der Waals surface area contributed by atoms with Crippen LogP contribution in [0.3, 0.4) is 0 Å². The fraction of sp³-hybridized carbons (Fsp3) is 0.438. The number of pyridine rings is 1. The van der Waals surface area contributed by atoms with E-state index in [0.29, 0.717) is 12.2 Å². The van der Waals surface area contributed by atoms with Gasteiger partial charge in [0.1, 0.15) is 11.8 Å². The molecule has 6 heteroatoms. The molecule has 6 nitrogen and oxygen atoms in total. The molecule has 1 saturated heterocycles. The van der Waals surface area contributed by atoms with Crippen molar-refractivity contribution in [2.45, 2.75) is 33.0 Å². The van der Waals surface area contributed by atoms with Crippen LogP contribution in [-0.4, -0.2) is 29.3 Å². The molecular formula is C16H18N4O2. The van der Waals surface area contributed by atoms with E-state index in [1.165, 1.54) is 0 Å². The molecule has 1 aliphatic rings. The molecular weight excluding hydrogens is 280 g/mol. The van der Waals surface area contributed by atoms with Crippen LogP contribution in [0.25, 0.3) is 0 Å². The summed E-state index contributed by atoms with van der Waals surface area (Å²) in [7, 11) is 0. The number of anilines is 1. The monoisotopic (exact) mass is 298 g/mol. The van der Waals surface area contributed by atoms with E-state index in [-0.39, 0.29) is 6.10 Å². The molecule has 0 spiro atoms. The highest BCUT2D eigenvalue weighted by atomic mass is 16.5. The highest BCUT2D eigenvalue weighted by molar-refractivity contribution is 5.58.